The van der Waals surface area contributed by atoms with Crippen molar-refractivity contribution in [3.63, 3.8) is 0 Å². The van der Waals surface area contributed by atoms with Gasteiger partial charge >= 0.3 is 5.97 Å². The monoisotopic (exact) mass is 225 g/mol. The number of carbonyl (C=O) groups is 1. The van der Waals surface area contributed by atoms with Crippen molar-refractivity contribution in [3.8, 4) is 6.07 Å². The second-order valence-electron chi connectivity index (χ2n) is 3.18. The highest BCUT2D eigenvalue weighted by molar-refractivity contribution is 5.92. The molecule has 0 aliphatic carbocycles. The fraction of sp³-hybridized carbons (Fsp3) is 0.273. The van der Waals surface area contributed by atoms with Crippen LogP contribution in [0.1, 0.15) is 33.5 Å². The van der Waals surface area contributed by atoms with E-state index in [0.29, 0.717) is 5.56 Å². The first-order valence-electron chi connectivity index (χ1n) is 4.42. The molecular formula is C11H9F2NO2. The summed E-state index contributed by atoms with van der Waals surface area (Å²) >= 11 is 0. The van der Waals surface area contributed by atoms with Crippen LogP contribution >= 0.6 is 0 Å². The summed E-state index contributed by atoms with van der Waals surface area (Å²) in [5.74, 6) is -0.865. The van der Waals surface area contributed by atoms with Gasteiger partial charge in [0.2, 0.25) is 0 Å². The normalized spacial score (nSPS) is 10.0. The molecule has 0 aromatic heterocycles. The molecule has 0 saturated carbocycles. The molecule has 1 rings (SSSR count). The Kier molecular flexibility index (Phi) is 3.56. The number of aryl methyl sites for hydroxylation is 1. The van der Waals surface area contributed by atoms with Crippen molar-refractivity contribution in [1.29, 1.82) is 5.26 Å². The van der Waals surface area contributed by atoms with Crippen LogP contribution in [-0.4, -0.2) is 13.1 Å². The standard InChI is InChI=1S/C11H9F2NO2/c1-6-3-7(5-14)9(10(12)13)8(4-6)11(15)16-2/h3-4,10H,1-2H3. The van der Waals surface area contributed by atoms with Crippen LogP contribution in [0.3, 0.4) is 0 Å². The van der Waals surface area contributed by atoms with Gasteiger partial charge < -0.3 is 4.74 Å². The van der Waals surface area contributed by atoms with E-state index in [2.05, 4.69) is 4.74 Å². The third-order valence-electron chi connectivity index (χ3n) is 2.07. The molecule has 1 aromatic rings. The summed E-state index contributed by atoms with van der Waals surface area (Å²) in [6, 6.07) is 4.25. The number of esters is 1. The van der Waals surface area contributed by atoms with Gasteiger partial charge in [-0.2, -0.15) is 5.26 Å². The first kappa shape index (κ1) is 12.1. The number of methoxy groups -OCH3 is 1. The van der Waals surface area contributed by atoms with E-state index in [1.165, 1.54) is 12.1 Å². The molecule has 3 nitrogen and oxygen atoms in total. The van der Waals surface area contributed by atoms with Gasteiger partial charge in [0.25, 0.3) is 6.43 Å². The molecule has 84 valence electrons. The molecule has 0 aliphatic rings. The van der Waals surface area contributed by atoms with Gasteiger partial charge in [0.1, 0.15) is 0 Å². The molecule has 0 spiro atoms. The van der Waals surface area contributed by atoms with Gasteiger partial charge in [-0.05, 0) is 24.6 Å². The van der Waals surface area contributed by atoms with Crippen molar-refractivity contribution in [2.75, 3.05) is 7.11 Å². The molecule has 0 fully saturated rings. The molecule has 16 heavy (non-hydrogen) atoms. The molecule has 0 aliphatic heterocycles. The molecule has 0 bridgehead atoms. The van der Waals surface area contributed by atoms with E-state index in [0.717, 1.165) is 7.11 Å². The fourth-order valence-electron chi connectivity index (χ4n) is 1.40. The Morgan fingerprint density at radius 3 is 2.56 bits per heavy atom. The zero-order valence-corrected chi connectivity index (χ0v) is 8.75. The lowest BCUT2D eigenvalue weighted by Crippen LogP contribution is -2.08. The first-order chi connectivity index (χ1) is 7.51. The zero-order valence-electron chi connectivity index (χ0n) is 8.75. The minimum absolute atomic E-state index is 0.199. The average Bonchev–Trinajstić information content (AvgIpc) is 2.26. The smallest absolute Gasteiger partial charge is 0.338 e. The molecule has 0 radical (unpaired) electrons. The number of nitriles is 1. The SMILES string of the molecule is COC(=O)c1cc(C)cc(C#N)c1C(F)F. The van der Waals surface area contributed by atoms with Gasteiger partial charge in [-0.25, -0.2) is 13.6 Å². The van der Waals surface area contributed by atoms with Crippen LogP contribution in [-0.2, 0) is 4.74 Å². The summed E-state index contributed by atoms with van der Waals surface area (Å²) in [6.45, 7) is 1.61. The predicted molar refractivity (Wildman–Crippen MR) is 52.2 cm³/mol. The van der Waals surface area contributed by atoms with E-state index in [4.69, 9.17) is 5.26 Å². The fourth-order valence-corrected chi connectivity index (χ4v) is 1.40. The molecular weight excluding hydrogens is 216 g/mol. The van der Waals surface area contributed by atoms with Crippen LogP contribution in [0.5, 0.6) is 0 Å². The van der Waals surface area contributed by atoms with Crippen molar-refractivity contribution in [2.24, 2.45) is 0 Å². The Bertz CT molecular complexity index is 464. The number of hydrogen-bond acceptors (Lipinski definition) is 3. The number of carbonyl (C=O) groups excluding carboxylic acids is 1. The second-order valence-corrected chi connectivity index (χ2v) is 3.18. The minimum atomic E-state index is -2.88. The summed E-state index contributed by atoms with van der Waals surface area (Å²) < 4.78 is 29.9. The summed E-state index contributed by atoms with van der Waals surface area (Å²) in [5, 5.41) is 8.74. The highest BCUT2D eigenvalue weighted by atomic mass is 19.3. The lowest BCUT2D eigenvalue weighted by atomic mass is 9.99. The summed E-state index contributed by atoms with van der Waals surface area (Å²) in [7, 11) is 1.10. The zero-order chi connectivity index (χ0) is 12.3. The Labute approximate surface area is 91.3 Å². The molecule has 0 atom stereocenters. The Morgan fingerprint density at radius 1 is 1.50 bits per heavy atom. The van der Waals surface area contributed by atoms with Gasteiger partial charge in [-0.1, -0.05) is 0 Å². The van der Waals surface area contributed by atoms with Crippen LogP contribution in [0, 0.1) is 18.3 Å². The molecule has 0 amide bonds. The van der Waals surface area contributed by atoms with Crippen molar-refractivity contribution in [2.45, 2.75) is 13.3 Å². The predicted octanol–water partition coefficient (Wildman–Crippen LogP) is 2.59. The Morgan fingerprint density at radius 2 is 2.12 bits per heavy atom. The van der Waals surface area contributed by atoms with E-state index in [1.54, 1.807) is 13.0 Å². The van der Waals surface area contributed by atoms with E-state index in [-0.39, 0.29) is 11.1 Å². The van der Waals surface area contributed by atoms with Crippen LogP contribution in [0.25, 0.3) is 0 Å². The van der Waals surface area contributed by atoms with Crippen LogP contribution in [0.2, 0.25) is 0 Å². The Balaban J connectivity index is 3.52. The number of halogens is 2. The number of alkyl halides is 2. The maximum Gasteiger partial charge on any atom is 0.338 e. The summed E-state index contributed by atoms with van der Waals surface area (Å²) in [4.78, 5) is 11.3. The van der Waals surface area contributed by atoms with E-state index >= 15 is 0 Å². The highest BCUT2D eigenvalue weighted by Crippen LogP contribution is 2.28. The highest BCUT2D eigenvalue weighted by Gasteiger charge is 2.23. The van der Waals surface area contributed by atoms with E-state index in [1.807, 2.05) is 0 Å². The summed E-state index contributed by atoms with van der Waals surface area (Å²) in [6.07, 6.45) is -2.88. The number of rotatable bonds is 2. The third kappa shape index (κ3) is 2.16. The van der Waals surface area contributed by atoms with Crippen molar-refractivity contribution in [3.05, 3.63) is 34.4 Å². The van der Waals surface area contributed by atoms with Gasteiger partial charge in [0, 0.05) is 5.56 Å². The maximum absolute atomic E-state index is 12.7. The molecule has 1 aromatic carbocycles. The molecule has 0 unspecified atom stereocenters. The van der Waals surface area contributed by atoms with Crippen LogP contribution < -0.4 is 0 Å². The number of benzene rings is 1. The van der Waals surface area contributed by atoms with Crippen molar-refractivity contribution >= 4 is 5.97 Å². The Hall–Kier alpha value is -1.96. The lowest BCUT2D eigenvalue weighted by Gasteiger charge is -2.10. The van der Waals surface area contributed by atoms with Crippen LogP contribution in [0.4, 0.5) is 8.78 Å². The topological polar surface area (TPSA) is 50.1 Å². The number of ether oxygens (including phenoxy) is 1. The largest absolute Gasteiger partial charge is 0.465 e. The molecule has 5 heteroatoms. The molecule has 0 saturated heterocycles. The van der Waals surface area contributed by atoms with Crippen molar-refractivity contribution < 1.29 is 18.3 Å². The number of nitrogens with zero attached hydrogens (tertiary/aromatic N) is 1. The van der Waals surface area contributed by atoms with Crippen molar-refractivity contribution in [1.82, 2.24) is 0 Å². The van der Waals surface area contributed by atoms with Crippen LogP contribution in [0.15, 0.2) is 12.1 Å². The van der Waals surface area contributed by atoms with Gasteiger partial charge in [-0.3, -0.25) is 0 Å². The average molecular weight is 225 g/mol. The quantitative estimate of drug-likeness (QED) is 0.727. The lowest BCUT2D eigenvalue weighted by molar-refractivity contribution is 0.0589. The van der Waals surface area contributed by atoms with E-state index < -0.39 is 18.0 Å². The molecule has 0 heterocycles. The summed E-state index contributed by atoms with van der Waals surface area (Å²) in [5.41, 5.74) is -0.467. The van der Waals surface area contributed by atoms with E-state index in [9.17, 15) is 13.6 Å². The third-order valence-corrected chi connectivity index (χ3v) is 2.07. The van der Waals surface area contributed by atoms with Gasteiger partial charge in [0.05, 0.1) is 24.3 Å². The number of hydrogen-bond donors (Lipinski definition) is 0. The minimum Gasteiger partial charge on any atom is -0.465 e. The maximum atomic E-state index is 12.7. The molecule has 0 N–H and O–H groups in total. The van der Waals surface area contributed by atoms with Gasteiger partial charge in [-0.15, -0.1) is 0 Å². The second kappa shape index (κ2) is 4.71. The first-order valence-corrected chi connectivity index (χ1v) is 4.42. The van der Waals surface area contributed by atoms with Gasteiger partial charge in [0.15, 0.2) is 0 Å².